The molecule has 1 aromatic carbocycles. The highest BCUT2D eigenvalue weighted by Gasteiger charge is 2.19. The third-order valence-electron chi connectivity index (χ3n) is 4.03. The van der Waals surface area contributed by atoms with Gasteiger partial charge >= 0.3 is 5.97 Å². The number of hydrogen-bond donors (Lipinski definition) is 0. The molecule has 1 fully saturated rings. The number of benzene rings is 1. The van der Waals surface area contributed by atoms with Gasteiger partial charge in [-0.1, -0.05) is 30.9 Å². The van der Waals surface area contributed by atoms with Crippen molar-refractivity contribution in [2.24, 2.45) is 0 Å². The number of halogens is 1. The fourth-order valence-electron chi connectivity index (χ4n) is 2.88. The molecule has 2 rings (SSSR count). The van der Waals surface area contributed by atoms with Crippen molar-refractivity contribution in [3.63, 3.8) is 0 Å². The number of ether oxygens (including phenoxy) is 2. The Morgan fingerprint density at radius 3 is 2.76 bits per heavy atom. The summed E-state index contributed by atoms with van der Waals surface area (Å²) in [4.78, 5) is 11.1. The van der Waals surface area contributed by atoms with Gasteiger partial charge < -0.3 is 9.47 Å². The van der Waals surface area contributed by atoms with Gasteiger partial charge in [0.15, 0.2) is 0 Å². The number of carbonyl (C=O) groups is 1. The fraction of sp³-hybridized carbons (Fsp3) is 0.588. The van der Waals surface area contributed by atoms with Crippen LogP contribution < -0.4 is 4.74 Å². The topological polar surface area (TPSA) is 35.5 Å². The second kappa shape index (κ2) is 8.28. The van der Waals surface area contributed by atoms with E-state index in [1.807, 2.05) is 18.2 Å². The molecule has 0 unspecified atom stereocenters. The Morgan fingerprint density at radius 1 is 1.29 bits per heavy atom. The van der Waals surface area contributed by atoms with Crippen LogP contribution in [0.5, 0.6) is 5.75 Å². The van der Waals surface area contributed by atoms with Gasteiger partial charge in [-0.3, -0.25) is 4.79 Å². The summed E-state index contributed by atoms with van der Waals surface area (Å²) in [5, 5.41) is 0.762. The molecule has 0 saturated heterocycles. The first-order valence-corrected chi connectivity index (χ1v) is 8.07. The summed E-state index contributed by atoms with van der Waals surface area (Å²) < 4.78 is 10.5. The minimum atomic E-state index is -0.192. The van der Waals surface area contributed by atoms with Crippen molar-refractivity contribution in [3.05, 3.63) is 28.8 Å². The predicted molar refractivity (Wildman–Crippen MR) is 84.0 cm³/mol. The summed E-state index contributed by atoms with van der Waals surface area (Å²) in [6.07, 6.45) is 7.35. The summed E-state index contributed by atoms with van der Waals surface area (Å²) in [7, 11) is 1.41. The first kappa shape index (κ1) is 16.2. The van der Waals surface area contributed by atoms with Crippen molar-refractivity contribution in [1.82, 2.24) is 0 Å². The third kappa shape index (κ3) is 4.92. The molecule has 0 aromatic heterocycles. The zero-order valence-corrected chi connectivity index (χ0v) is 13.3. The van der Waals surface area contributed by atoms with Crippen LogP contribution in [0.2, 0.25) is 5.02 Å². The average Bonchev–Trinajstić information content (AvgIpc) is 2.53. The van der Waals surface area contributed by atoms with Crippen LogP contribution in [0, 0.1) is 0 Å². The van der Waals surface area contributed by atoms with Gasteiger partial charge in [0.2, 0.25) is 0 Å². The Bertz CT molecular complexity index is 467. The SMILES string of the molecule is COC(=O)CCCOc1ccc(Cl)cc1C1CCCCC1. The van der Waals surface area contributed by atoms with Crippen molar-refractivity contribution < 1.29 is 14.3 Å². The quantitative estimate of drug-likeness (QED) is 0.563. The van der Waals surface area contributed by atoms with E-state index in [4.69, 9.17) is 16.3 Å². The van der Waals surface area contributed by atoms with Crippen molar-refractivity contribution in [1.29, 1.82) is 0 Å². The lowest BCUT2D eigenvalue weighted by atomic mass is 9.84. The molecule has 0 bridgehead atoms. The van der Waals surface area contributed by atoms with Gasteiger partial charge in [-0.25, -0.2) is 0 Å². The highest BCUT2D eigenvalue weighted by molar-refractivity contribution is 6.30. The molecule has 1 saturated carbocycles. The Labute approximate surface area is 131 Å². The van der Waals surface area contributed by atoms with E-state index in [-0.39, 0.29) is 5.97 Å². The molecule has 0 N–H and O–H groups in total. The van der Waals surface area contributed by atoms with E-state index in [2.05, 4.69) is 4.74 Å². The molecular weight excluding hydrogens is 288 g/mol. The summed E-state index contributed by atoms with van der Waals surface area (Å²) in [5.41, 5.74) is 1.22. The maximum atomic E-state index is 11.1. The molecule has 0 amide bonds. The van der Waals surface area contributed by atoms with Crippen molar-refractivity contribution in [3.8, 4) is 5.75 Å². The lowest BCUT2D eigenvalue weighted by molar-refractivity contribution is -0.140. The molecule has 0 atom stereocenters. The van der Waals surface area contributed by atoms with Gasteiger partial charge in [0.05, 0.1) is 13.7 Å². The first-order chi connectivity index (χ1) is 10.2. The molecular formula is C17H23ClO3. The van der Waals surface area contributed by atoms with Gasteiger partial charge in [-0.05, 0) is 48.9 Å². The van der Waals surface area contributed by atoms with Gasteiger partial charge in [0, 0.05) is 11.4 Å². The monoisotopic (exact) mass is 310 g/mol. The molecule has 3 nitrogen and oxygen atoms in total. The van der Waals surface area contributed by atoms with Crippen LogP contribution >= 0.6 is 11.6 Å². The summed E-state index contributed by atoms with van der Waals surface area (Å²) in [5.74, 6) is 1.27. The fourth-order valence-corrected chi connectivity index (χ4v) is 3.06. The molecule has 0 heterocycles. The van der Waals surface area contributed by atoms with Gasteiger partial charge in [0.25, 0.3) is 0 Å². The first-order valence-electron chi connectivity index (χ1n) is 7.70. The summed E-state index contributed by atoms with van der Waals surface area (Å²) in [6, 6.07) is 5.85. The van der Waals surface area contributed by atoms with E-state index in [1.54, 1.807) is 0 Å². The molecule has 116 valence electrons. The number of methoxy groups -OCH3 is 1. The molecule has 21 heavy (non-hydrogen) atoms. The normalized spacial score (nSPS) is 15.7. The van der Waals surface area contributed by atoms with Crippen LogP contribution in [0.4, 0.5) is 0 Å². The number of hydrogen-bond acceptors (Lipinski definition) is 3. The average molecular weight is 311 g/mol. The van der Waals surface area contributed by atoms with Crippen molar-refractivity contribution in [2.75, 3.05) is 13.7 Å². The zero-order chi connectivity index (χ0) is 15.1. The van der Waals surface area contributed by atoms with E-state index < -0.39 is 0 Å². The van der Waals surface area contributed by atoms with E-state index in [9.17, 15) is 4.79 Å². The molecule has 0 aliphatic heterocycles. The van der Waals surface area contributed by atoms with Crippen LogP contribution in [0.3, 0.4) is 0 Å². The predicted octanol–water partition coefficient (Wildman–Crippen LogP) is 4.72. The minimum Gasteiger partial charge on any atom is -0.493 e. The smallest absolute Gasteiger partial charge is 0.305 e. The van der Waals surface area contributed by atoms with Crippen molar-refractivity contribution >= 4 is 17.6 Å². The van der Waals surface area contributed by atoms with E-state index >= 15 is 0 Å². The van der Waals surface area contributed by atoms with Crippen LogP contribution in [0.1, 0.15) is 56.4 Å². The molecule has 1 aliphatic carbocycles. The summed E-state index contributed by atoms with van der Waals surface area (Å²) in [6.45, 7) is 0.524. The largest absolute Gasteiger partial charge is 0.493 e. The number of esters is 1. The number of rotatable bonds is 6. The second-order valence-corrected chi connectivity index (χ2v) is 5.98. The second-order valence-electron chi connectivity index (χ2n) is 5.55. The Morgan fingerprint density at radius 2 is 2.05 bits per heavy atom. The highest BCUT2D eigenvalue weighted by atomic mass is 35.5. The molecule has 1 aromatic rings. The Kier molecular flexibility index (Phi) is 6.37. The maximum Gasteiger partial charge on any atom is 0.305 e. The molecule has 4 heteroatoms. The Balaban J connectivity index is 1.96. The molecule has 0 spiro atoms. The number of carbonyl (C=O) groups excluding carboxylic acids is 1. The van der Waals surface area contributed by atoms with Crippen molar-refractivity contribution in [2.45, 2.75) is 50.9 Å². The molecule has 1 aliphatic rings. The summed E-state index contributed by atoms with van der Waals surface area (Å²) >= 11 is 6.14. The van der Waals surface area contributed by atoms with Crippen LogP contribution in [0.25, 0.3) is 0 Å². The van der Waals surface area contributed by atoms with Gasteiger partial charge in [0.1, 0.15) is 5.75 Å². The lowest BCUT2D eigenvalue weighted by Crippen LogP contribution is -2.09. The molecule has 0 radical (unpaired) electrons. The van der Waals surface area contributed by atoms with Gasteiger partial charge in [-0.15, -0.1) is 0 Å². The highest BCUT2D eigenvalue weighted by Crippen LogP contribution is 2.38. The van der Waals surface area contributed by atoms with Crippen LogP contribution in [0.15, 0.2) is 18.2 Å². The third-order valence-corrected chi connectivity index (χ3v) is 4.26. The minimum absolute atomic E-state index is 0.192. The van der Waals surface area contributed by atoms with E-state index in [1.165, 1.54) is 44.8 Å². The standard InChI is InChI=1S/C17H23ClO3/c1-20-17(19)8-5-11-21-16-10-9-14(18)12-15(16)13-6-3-2-4-7-13/h9-10,12-13H,2-8,11H2,1H3. The van der Waals surface area contributed by atoms with E-state index in [0.29, 0.717) is 25.4 Å². The van der Waals surface area contributed by atoms with Gasteiger partial charge in [-0.2, -0.15) is 0 Å². The van der Waals surface area contributed by atoms with Crippen LogP contribution in [-0.4, -0.2) is 19.7 Å². The Hall–Kier alpha value is -1.22. The maximum absolute atomic E-state index is 11.1. The van der Waals surface area contributed by atoms with Crippen LogP contribution in [-0.2, 0) is 9.53 Å². The lowest BCUT2D eigenvalue weighted by Gasteiger charge is -2.24. The zero-order valence-electron chi connectivity index (χ0n) is 12.6. The van der Waals surface area contributed by atoms with E-state index in [0.717, 1.165) is 10.8 Å².